The molecule has 3 aromatic rings. The zero-order valence-corrected chi connectivity index (χ0v) is 18.1. The van der Waals surface area contributed by atoms with Crippen molar-refractivity contribution in [3.63, 3.8) is 0 Å². The Bertz CT molecular complexity index is 858. The van der Waals surface area contributed by atoms with Crippen molar-refractivity contribution in [3.05, 3.63) is 66.6 Å². The average molecular weight is 409 g/mol. The largest absolute Gasteiger partial charge is 0.440 e. The van der Waals surface area contributed by atoms with Crippen LogP contribution in [0.5, 0.6) is 0 Å². The number of rotatable bonds is 8. The number of hydrogen-bond donors (Lipinski definition) is 1. The highest BCUT2D eigenvalue weighted by Crippen LogP contribution is 2.32. The van der Waals surface area contributed by atoms with Crippen LogP contribution in [0.2, 0.25) is 0 Å². The van der Waals surface area contributed by atoms with E-state index in [1.165, 1.54) is 0 Å². The highest BCUT2D eigenvalue weighted by atomic mass is 32.2. The molecule has 0 unspecified atom stereocenters. The number of carbonyl (C=O) groups excluding carboxylic acids is 1. The topological polar surface area (TPSA) is 55.1 Å². The van der Waals surface area contributed by atoms with Crippen LogP contribution in [-0.2, 0) is 11.2 Å². The molecular weight excluding hydrogens is 380 g/mol. The summed E-state index contributed by atoms with van der Waals surface area (Å²) in [6, 6.07) is 20.0. The molecule has 1 N–H and O–H groups in total. The SMILES string of the molecule is CC(C)(C)SCCNC(=O)CCc1nc(-c2ccccc2)c(-c2ccccc2)o1. The number of oxazole rings is 1. The number of aromatic nitrogens is 1. The van der Waals surface area contributed by atoms with E-state index in [0.29, 0.717) is 25.3 Å². The molecule has 0 spiro atoms. The minimum atomic E-state index is 0.0280. The molecule has 1 aromatic heterocycles. The maximum Gasteiger partial charge on any atom is 0.220 e. The molecular formula is C24H28N2O2S. The summed E-state index contributed by atoms with van der Waals surface area (Å²) < 4.78 is 6.29. The van der Waals surface area contributed by atoms with Crippen LogP contribution in [0.25, 0.3) is 22.6 Å². The van der Waals surface area contributed by atoms with Gasteiger partial charge in [0.1, 0.15) is 5.69 Å². The first kappa shape index (κ1) is 21.2. The van der Waals surface area contributed by atoms with Crippen LogP contribution < -0.4 is 5.32 Å². The molecule has 0 aliphatic rings. The highest BCUT2D eigenvalue weighted by Gasteiger charge is 2.17. The second-order valence-corrected chi connectivity index (χ2v) is 9.75. The Morgan fingerprint density at radius 1 is 1.00 bits per heavy atom. The van der Waals surface area contributed by atoms with Crippen molar-refractivity contribution in [1.29, 1.82) is 0 Å². The van der Waals surface area contributed by atoms with E-state index in [1.807, 2.05) is 72.4 Å². The normalized spacial score (nSPS) is 11.4. The van der Waals surface area contributed by atoms with Crippen LogP contribution in [-0.4, -0.2) is 27.9 Å². The molecule has 0 aliphatic heterocycles. The van der Waals surface area contributed by atoms with E-state index in [1.54, 1.807) is 0 Å². The molecule has 0 fully saturated rings. The first-order valence-electron chi connectivity index (χ1n) is 9.93. The van der Waals surface area contributed by atoms with Gasteiger partial charge < -0.3 is 9.73 Å². The van der Waals surface area contributed by atoms with Crippen molar-refractivity contribution >= 4 is 17.7 Å². The van der Waals surface area contributed by atoms with Gasteiger partial charge in [-0.05, 0) is 0 Å². The lowest BCUT2D eigenvalue weighted by Crippen LogP contribution is -2.27. The summed E-state index contributed by atoms with van der Waals surface area (Å²) in [7, 11) is 0. The molecule has 2 aromatic carbocycles. The third-order valence-corrected chi connectivity index (χ3v) is 5.55. The molecule has 0 saturated heterocycles. The molecule has 3 rings (SSSR count). The van der Waals surface area contributed by atoms with Crippen molar-refractivity contribution in [2.45, 2.75) is 38.4 Å². The molecule has 0 radical (unpaired) electrons. The third kappa shape index (κ3) is 6.50. The number of aryl methyl sites for hydroxylation is 1. The highest BCUT2D eigenvalue weighted by molar-refractivity contribution is 8.00. The number of carbonyl (C=O) groups is 1. The van der Waals surface area contributed by atoms with Gasteiger partial charge >= 0.3 is 0 Å². The quantitative estimate of drug-likeness (QED) is 0.494. The van der Waals surface area contributed by atoms with Crippen LogP contribution in [0, 0.1) is 0 Å². The Kier molecular flexibility index (Phi) is 7.15. The average Bonchev–Trinajstić information content (AvgIpc) is 3.15. The second-order valence-electron chi connectivity index (χ2n) is 7.83. The number of thioether (sulfide) groups is 1. The van der Waals surface area contributed by atoms with Crippen molar-refractivity contribution in [2.24, 2.45) is 0 Å². The van der Waals surface area contributed by atoms with E-state index in [-0.39, 0.29) is 10.7 Å². The van der Waals surface area contributed by atoms with Crippen molar-refractivity contribution in [2.75, 3.05) is 12.3 Å². The van der Waals surface area contributed by atoms with Gasteiger partial charge in [-0.25, -0.2) is 4.98 Å². The van der Waals surface area contributed by atoms with Crippen LogP contribution in [0.15, 0.2) is 65.1 Å². The predicted molar refractivity (Wildman–Crippen MR) is 121 cm³/mol. The summed E-state index contributed by atoms with van der Waals surface area (Å²) in [5, 5.41) is 2.98. The summed E-state index contributed by atoms with van der Waals surface area (Å²) in [6.07, 6.45) is 0.841. The van der Waals surface area contributed by atoms with Gasteiger partial charge in [-0.2, -0.15) is 11.8 Å². The van der Waals surface area contributed by atoms with Gasteiger partial charge in [0.05, 0.1) is 0 Å². The maximum atomic E-state index is 12.2. The number of hydrogen-bond acceptors (Lipinski definition) is 4. The molecule has 0 saturated carbocycles. The maximum absolute atomic E-state index is 12.2. The number of amides is 1. The van der Waals surface area contributed by atoms with Gasteiger partial charge in [0, 0.05) is 41.0 Å². The monoisotopic (exact) mass is 408 g/mol. The standard InChI is InChI=1S/C24H28N2O2S/c1-24(2,3)29-17-16-25-20(27)14-15-21-26-22(18-10-6-4-7-11-18)23(28-21)19-12-8-5-9-13-19/h4-13H,14-17H2,1-3H3,(H,25,27). The van der Waals surface area contributed by atoms with Crippen molar-refractivity contribution < 1.29 is 9.21 Å². The number of nitrogens with one attached hydrogen (secondary N) is 1. The Morgan fingerprint density at radius 2 is 1.62 bits per heavy atom. The Balaban J connectivity index is 1.66. The van der Waals surface area contributed by atoms with E-state index in [2.05, 4.69) is 26.1 Å². The molecule has 152 valence electrons. The van der Waals surface area contributed by atoms with Crippen LogP contribution >= 0.6 is 11.8 Å². The fourth-order valence-electron chi connectivity index (χ4n) is 2.90. The van der Waals surface area contributed by atoms with E-state index in [9.17, 15) is 4.79 Å². The van der Waals surface area contributed by atoms with E-state index >= 15 is 0 Å². The lowest BCUT2D eigenvalue weighted by atomic mass is 10.1. The lowest BCUT2D eigenvalue weighted by Gasteiger charge is -2.17. The van der Waals surface area contributed by atoms with Gasteiger partial charge in [-0.15, -0.1) is 0 Å². The number of benzene rings is 2. The zero-order chi connectivity index (χ0) is 20.7. The van der Waals surface area contributed by atoms with Crippen LogP contribution in [0.3, 0.4) is 0 Å². The molecule has 1 heterocycles. The van der Waals surface area contributed by atoms with Gasteiger partial charge in [0.2, 0.25) is 5.91 Å². The molecule has 0 aliphatic carbocycles. The van der Waals surface area contributed by atoms with E-state index in [4.69, 9.17) is 9.40 Å². The number of nitrogens with zero attached hydrogens (tertiary/aromatic N) is 1. The van der Waals surface area contributed by atoms with Crippen LogP contribution in [0.4, 0.5) is 0 Å². The van der Waals surface area contributed by atoms with Gasteiger partial charge in [-0.3, -0.25) is 4.79 Å². The van der Waals surface area contributed by atoms with Crippen molar-refractivity contribution in [1.82, 2.24) is 10.3 Å². The summed E-state index contributed by atoms with van der Waals surface area (Å²) in [4.78, 5) is 16.9. The summed E-state index contributed by atoms with van der Waals surface area (Å²) >= 11 is 1.84. The molecule has 0 atom stereocenters. The fourth-order valence-corrected chi connectivity index (χ4v) is 3.72. The second kappa shape index (κ2) is 9.79. The van der Waals surface area contributed by atoms with Gasteiger partial charge in [-0.1, -0.05) is 81.4 Å². The van der Waals surface area contributed by atoms with Crippen molar-refractivity contribution in [3.8, 4) is 22.6 Å². The summed E-state index contributed by atoms with van der Waals surface area (Å²) in [6.45, 7) is 7.21. The minimum absolute atomic E-state index is 0.0280. The summed E-state index contributed by atoms with van der Waals surface area (Å²) in [5.74, 6) is 2.26. The van der Waals surface area contributed by atoms with Gasteiger partial charge in [0.15, 0.2) is 11.7 Å². The Labute approximate surface area is 177 Å². The summed E-state index contributed by atoms with van der Waals surface area (Å²) in [5.41, 5.74) is 2.80. The lowest BCUT2D eigenvalue weighted by molar-refractivity contribution is -0.121. The van der Waals surface area contributed by atoms with Gasteiger partial charge in [0.25, 0.3) is 0 Å². The Morgan fingerprint density at radius 3 is 2.24 bits per heavy atom. The molecule has 1 amide bonds. The van der Waals surface area contributed by atoms with Crippen LogP contribution in [0.1, 0.15) is 33.1 Å². The fraction of sp³-hybridized carbons (Fsp3) is 0.333. The Hall–Kier alpha value is -2.53. The molecule has 5 heteroatoms. The first-order chi connectivity index (χ1) is 13.9. The molecule has 29 heavy (non-hydrogen) atoms. The van der Waals surface area contributed by atoms with E-state index < -0.39 is 0 Å². The minimum Gasteiger partial charge on any atom is -0.440 e. The third-order valence-electron chi connectivity index (χ3n) is 4.28. The zero-order valence-electron chi connectivity index (χ0n) is 17.3. The molecule has 4 nitrogen and oxygen atoms in total. The smallest absolute Gasteiger partial charge is 0.220 e. The molecule has 0 bridgehead atoms. The first-order valence-corrected chi connectivity index (χ1v) is 10.9. The van der Waals surface area contributed by atoms with E-state index in [0.717, 1.165) is 28.3 Å². The predicted octanol–water partition coefficient (Wildman–Crippen LogP) is 5.59.